The van der Waals surface area contributed by atoms with Crippen LogP contribution in [0, 0.1) is 22.7 Å². The third kappa shape index (κ3) is 3.40. The number of hydrogen-bond acceptors (Lipinski definition) is 4. The van der Waals surface area contributed by atoms with E-state index in [1.165, 1.54) is 11.1 Å². The summed E-state index contributed by atoms with van der Waals surface area (Å²) in [6.07, 6.45) is 4.40. The van der Waals surface area contributed by atoms with Gasteiger partial charge in [-0.3, -0.25) is 4.98 Å². The summed E-state index contributed by atoms with van der Waals surface area (Å²) in [6, 6.07) is 21.3. The normalized spacial score (nSPS) is 9.75. The molecule has 1 heterocycles. The smallest absolute Gasteiger partial charge is 0.101 e. The summed E-state index contributed by atoms with van der Waals surface area (Å²) in [5, 5.41) is 21.6. The van der Waals surface area contributed by atoms with Crippen molar-refractivity contribution in [1.29, 1.82) is 10.5 Å². The average Bonchev–Trinajstić information content (AvgIpc) is 2.64. The molecule has 2 aromatic carbocycles. The molecule has 0 fully saturated rings. The van der Waals surface area contributed by atoms with E-state index < -0.39 is 0 Å². The van der Waals surface area contributed by atoms with Gasteiger partial charge in [0.05, 0.1) is 16.8 Å². The van der Waals surface area contributed by atoms with Crippen LogP contribution in [0.3, 0.4) is 0 Å². The van der Waals surface area contributed by atoms with Crippen molar-refractivity contribution in [1.82, 2.24) is 4.98 Å². The van der Waals surface area contributed by atoms with Gasteiger partial charge in [-0.1, -0.05) is 18.2 Å². The molecule has 0 unspecified atom stereocenters. The summed E-state index contributed by atoms with van der Waals surface area (Å²) >= 11 is 0. The first kappa shape index (κ1) is 15.3. The van der Waals surface area contributed by atoms with Crippen molar-refractivity contribution < 1.29 is 0 Å². The van der Waals surface area contributed by atoms with Gasteiger partial charge < -0.3 is 5.32 Å². The molecule has 0 atom stereocenters. The molecule has 0 saturated heterocycles. The number of para-hydroxylation sites is 1. The lowest BCUT2D eigenvalue weighted by molar-refractivity contribution is 1.16. The quantitative estimate of drug-likeness (QED) is 0.785. The van der Waals surface area contributed by atoms with Crippen LogP contribution in [0.1, 0.15) is 22.3 Å². The SMILES string of the molecule is N#Cc1cccc(C#N)c1Nc1ccc(Cc2ccncc2)cc1. The van der Waals surface area contributed by atoms with E-state index in [0.717, 1.165) is 12.1 Å². The van der Waals surface area contributed by atoms with E-state index in [4.69, 9.17) is 0 Å². The molecule has 4 heteroatoms. The number of pyridine rings is 1. The summed E-state index contributed by atoms with van der Waals surface area (Å²) in [5.74, 6) is 0. The van der Waals surface area contributed by atoms with Gasteiger partial charge in [-0.2, -0.15) is 10.5 Å². The van der Waals surface area contributed by atoms with E-state index in [0.29, 0.717) is 16.8 Å². The number of aromatic nitrogens is 1. The Hall–Kier alpha value is -3.63. The molecule has 114 valence electrons. The molecule has 0 spiro atoms. The third-order valence-electron chi connectivity index (χ3n) is 3.69. The number of anilines is 2. The Morgan fingerprint density at radius 2 is 1.38 bits per heavy atom. The summed E-state index contributed by atoms with van der Waals surface area (Å²) in [6.45, 7) is 0. The van der Waals surface area contributed by atoms with Gasteiger partial charge in [0.1, 0.15) is 12.1 Å². The summed E-state index contributed by atoms with van der Waals surface area (Å²) in [7, 11) is 0. The van der Waals surface area contributed by atoms with Gasteiger partial charge in [-0.05, 0) is 53.9 Å². The van der Waals surface area contributed by atoms with Gasteiger partial charge in [0, 0.05) is 18.1 Å². The molecule has 0 aliphatic heterocycles. The third-order valence-corrected chi connectivity index (χ3v) is 3.69. The van der Waals surface area contributed by atoms with Gasteiger partial charge in [0.25, 0.3) is 0 Å². The lowest BCUT2D eigenvalue weighted by Crippen LogP contribution is -1.97. The van der Waals surface area contributed by atoms with Crippen molar-refractivity contribution in [3.8, 4) is 12.1 Å². The van der Waals surface area contributed by atoms with Crippen LogP contribution in [0.2, 0.25) is 0 Å². The van der Waals surface area contributed by atoms with Crippen molar-refractivity contribution in [3.05, 3.63) is 89.2 Å². The first-order valence-corrected chi connectivity index (χ1v) is 7.48. The van der Waals surface area contributed by atoms with Crippen LogP contribution in [-0.2, 0) is 6.42 Å². The Labute approximate surface area is 140 Å². The zero-order chi connectivity index (χ0) is 16.8. The fourth-order valence-electron chi connectivity index (χ4n) is 2.46. The van der Waals surface area contributed by atoms with Crippen molar-refractivity contribution in [3.63, 3.8) is 0 Å². The molecule has 4 nitrogen and oxygen atoms in total. The fraction of sp³-hybridized carbons (Fsp3) is 0.0500. The molecule has 24 heavy (non-hydrogen) atoms. The number of rotatable bonds is 4. The van der Waals surface area contributed by atoms with Crippen LogP contribution in [0.15, 0.2) is 67.0 Å². The predicted molar refractivity (Wildman–Crippen MR) is 92.6 cm³/mol. The molecule has 3 aromatic rings. The molecular weight excluding hydrogens is 296 g/mol. The average molecular weight is 310 g/mol. The monoisotopic (exact) mass is 310 g/mol. The number of hydrogen-bond donors (Lipinski definition) is 1. The van der Waals surface area contributed by atoms with Crippen LogP contribution in [-0.4, -0.2) is 4.98 Å². The van der Waals surface area contributed by atoms with E-state index in [-0.39, 0.29) is 0 Å². The van der Waals surface area contributed by atoms with Gasteiger partial charge in [0.15, 0.2) is 0 Å². The Morgan fingerprint density at radius 1 is 0.792 bits per heavy atom. The van der Waals surface area contributed by atoms with Crippen LogP contribution >= 0.6 is 0 Å². The second-order valence-electron chi connectivity index (χ2n) is 5.31. The molecular formula is C20H14N4. The van der Waals surface area contributed by atoms with E-state index >= 15 is 0 Å². The minimum absolute atomic E-state index is 0.454. The topological polar surface area (TPSA) is 72.5 Å². The number of nitrogens with one attached hydrogen (secondary N) is 1. The molecule has 0 amide bonds. The Kier molecular flexibility index (Phi) is 4.51. The summed E-state index contributed by atoms with van der Waals surface area (Å²) < 4.78 is 0. The largest absolute Gasteiger partial charge is 0.353 e. The molecule has 3 rings (SSSR count). The maximum atomic E-state index is 9.22. The van der Waals surface area contributed by atoms with Crippen LogP contribution in [0.5, 0.6) is 0 Å². The van der Waals surface area contributed by atoms with Crippen molar-refractivity contribution >= 4 is 11.4 Å². The zero-order valence-electron chi connectivity index (χ0n) is 12.9. The first-order valence-electron chi connectivity index (χ1n) is 7.48. The molecule has 0 bridgehead atoms. The fourth-order valence-corrected chi connectivity index (χ4v) is 2.46. The second kappa shape index (κ2) is 7.09. The molecule has 0 radical (unpaired) electrons. The van der Waals surface area contributed by atoms with Gasteiger partial charge >= 0.3 is 0 Å². The highest BCUT2D eigenvalue weighted by Crippen LogP contribution is 2.25. The molecule has 1 aromatic heterocycles. The first-order chi connectivity index (χ1) is 11.8. The number of nitriles is 2. The van der Waals surface area contributed by atoms with Crippen molar-refractivity contribution in [2.45, 2.75) is 6.42 Å². The Balaban J connectivity index is 1.81. The number of benzene rings is 2. The van der Waals surface area contributed by atoms with Crippen LogP contribution in [0.4, 0.5) is 11.4 Å². The Bertz CT molecular complexity index is 884. The van der Waals surface area contributed by atoms with Gasteiger partial charge in [-0.15, -0.1) is 0 Å². The van der Waals surface area contributed by atoms with E-state index in [9.17, 15) is 10.5 Å². The van der Waals surface area contributed by atoms with Gasteiger partial charge in [0.2, 0.25) is 0 Å². The van der Waals surface area contributed by atoms with E-state index in [1.54, 1.807) is 30.6 Å². The summed E-state index contributed by atoms with van der Waals surface area (Å²) in [4.78, 5) is 4.02. The van der Waals surface area contributed by atoms with Crippen LogP contribution < -0.4 is 5.32 Å². The maximum absolute atomic E-state index is 9.22. The maximum Gasteiger partial charge on any atom is 0.101 e. The van der Waals surface area contributed by atoms with Crippen molar-refractivity contribution in [2.24, 2.45) is 0 Å². The highest BCUT2D eigenvalue weighted by molar-refractivity contribution is 5.72. The highest BCUT2D eigenvalue weighted by atomic mass is 14.9. The van der Waals surface area contributed by atoms with E-state index in [2.05, 4.69) is 22.4 Å². The molecule has 1 N–H and O–H groups in total. The zero-order valence-corrected chi connectivity index (χ0v) is 12.9. The Morgan fingerprint density at radius 3 is 1.96 bits per heavy atom. The molecule has 0 aliphatic rings. The molecule has 0 aliphatic carbocycles. The molecule has 0 saturated carbocycles. The second-order valence-corrected chi connectivity index (χ2v) is 5.31. The van der Waals surface area contributed by atoms with Crippen LogP contribution in [0.25, 0.3) is 0 Å². The van der Waals surface area contributed by atoms with Crippen molar-refractivity contribution in [2.75, 3.05) is 5.32 Å². The number of nitrogens with zero attached hydrogens (tertiary/aromatic N) is 3. The lowest BCUT2D eigenvalue weighted by atomic mass is 10.1. The lowest BCUT2D eigenvalue weighted by Gasteiger charge is -2.11. The minimum atomic E-state index is 0.454. The minimum Gasteiger partial charge on any atom is -0.353 e. The van der Waals surface area contributed by atoms with E-state index in [1.807, 2.05) is 36.4 Å². The van der Waals surface area contributed by atoms with Gasteiger partial charge in [-0.25, -0.2) is 0 Å². The predicted octanol–water partition coefficient (Wildman–Crippen LogP) is 4.16. The highest BCUT2D eigenvalue weighted by Gasteiger charge is 2.08. The summed E-state index contributed by atoms with van der Waals surface area (Å²) in [5.41, 5.74) is 4.68. The standard InChI is InChI=1S/C20H14N4/c21-13-17-2-1-3-18(14-22)20(17)24-19-6-4-15(5-7-19)12-16-8-10-23-11-9-16/h1-11,24H,12H2.